The molecule has 0 radical (unpaired) electrons. The standard InChI is InChI=1S/C29H30N4O5/c30-23(14-19-10-12-21(34)13-11-19)27(35)32-25(16-20-17-31-24-9-5-4-8-22(20)24)28(36)33-26(29(37)38)15-18-6-2-1-3-7-18/h1-13,17,23,25-26,31,34H,14-16,30H2,(H,32,35)(H,33,36)(H,37,38). The van der Waals surface area contributed by atoms with Crippen LogP contribution in [0.1, 0.15) is 16.7 Å². The first-order valence-electron chi connectivity index (χ1n) is 12.3. The number of aromatic amines is 1. The molecule has 0 spiro atoms. The number of benzene rings is 3. The summed E-state index contributed by atoms with van der Waals surface area (Å²) in [4.78, 5) is 41.6. The first kappa shape index (κ1) is 26.4. The van der Waals surface area contributed by atoms with Crippen LogP contribution >= 0.6 is 0 Å². The number of carbonyl (C=O) groups is 3. The van der Waals surface area contributed by atoms with E-state index in [9.17, 15) is 24.6 Å². The van der Waals surface area contributed by atoms with Crippen molar-refractivity contribution >= 4 is 28.7 Å². The number of fused-ring (bicyclic) bond motifs is 1. The average Bonchev–Trinajstić information content (AvgIpc) is 3.32. The van der Waals surface area contributed by atoms with E-state index in [1.807, 2.05) is 30.3 Å². The lowest BCUT2D eigenvalue weighted by Gasteiger charge is -2.23. The van der Waals surface area contributed by atoms with Gasteiger partial charge in [-0.15, -0.1) is 0 Å². The third-order valence-electron chi connectivity index (χ3n) is 6.36. The molecule has 0 aliphatic heterocycles. The molecule has 0 aliphatic rings. The maximum atomic E-state index is 13.4. The number of phenols is 1. The van der Waals surface area contributed by atoms with Crippen LogP contribution in [0.5, 0.6) is 5.75 Å². The van der Waals surface area contributed by atoms with Gasteiger partial charge in [0.1, 0.15) is 17.8 Å². The third kappa shape index (κ3) is 6.77. The van der Waals surface area contributed by atoms with Gasteiger partial charge in [0.15, 0.2) is 0 Å². The van der Waals surface area contributed by atoms with E-state index in [0.29, 0.717) is 0 Å². The fourth-order valence-electron chi connectivity index (χ4n) is 4.31. The molecule has 0 aliphatic carbocycles. The van der Waals surface area contributed by atoms with Crippen LogP contribution in [-0.4, -0.2) is 51.1 Å². The normalized spacial score (nSPS) is 13.4. The molecule has 0 bridgehead atoms. The Kier molecular flexibility index (Phi) is 8.40. The highest BCUT2D eigenvalue weighted by Crippen LogP contribution is 2.19. The molecule has 0 fully saturated rings. The summed E-state index contributed by atoms with van der Waals surface area (Å²) < 4.78 is 0. The number of phenolic OH excluding ortho intramolecular Hbond substituents is 1. The predicted molar refractivity (Wildman–Crippen MR) is 143 cm³/mol. The molecule has 1 heterocycles. The second kappa shape index (κ2) is 12.1. The van der Waals surface area contributed by atoms with Gasteiger partial charge in [-0.1, -0.05) is 60.7 Å². The molecule has 7 N–H and O–H groups in total. The lowest BCUT2D eigenvalue weighted by molar-refractivity contribution is -0.142. The van der Waals surface area contributed by atoms with Gasteiger partial charge < -0.3 is 31.6 Å². The minimum Gasteiger partial charge on any atom is -0.508 e. The fourth-order valence-corrected chi connectivity index (χ4v) is 4.31. The van der Waals surface area contributed by atoms with Crippen molar-refractivity contribution in [3.8, 4) is 5.75 Å². The van der Waals surface area contributed by atoms with E-state index >= 15 is 0 Å². The Morgan fingerprint density at radius 3 is 2.11 bits per heavy atom. The maximum Gasteiger partial charge on any atom is 0.326 e. The summed E-state index contributed by atoms with van der Waals surface area (Å²) in [7, 11) is 0. The molecule has 1 aromatic heterocycles. The molecule has 0 saturated heterocycles. The number of carboxylic acid groups (broad SMARTS) is 1. The first-order chi connectivity index (χ1) is 18.3. The number of aliphatic carboxylic acids is 1. The number of rotatable bonds is 11. The minimum absolute atomic E-state index is 0.0933. The van der Waals surface area contributed by atoms with Crippen molar-refractivity contribution in [2.45, 2.75) is 37.4 Å². The lowest BCUT2D eigenvalue weighted by atomic mass is 10.0. The van der Waals surface area contributed by atoms with Gasteiger partial charge in [-0.3, -0.25) is 9.59 Å². The Balaban J connectivity index is 1.52. The molecule has 4 aromatic rings. The number of nitrogens with two attached hydrogens (primary N) is 1. The number of para-hydroxylation sites is 1. The molecule has 2 amide bonds. The number of amides is 2. The molecule has 38 heavy (non-hydrogen) atoms. The molecular weight excluding hydrogens is 484 g/mol. The van der Waals surface area contributed by atoms with Crippen molar-refractivity contribution in [2.75, 3.05) is 0 Å². The molecule has 0 saturated carbocycles. The molecular formula is C29H30N4O5. The number of hydrogen-bond donors (Lipinski definition) is 6. The van der Waals surface area contributed by atoms with Crippen molar-refractivity contribution in [1.29, 1.82) is 0 Å². The molecule has 196 valence electrons. The lowest BCUT2D eigenvalue weighted by Crippen LogP contribution is -2.55. The molecule has 4 rings (SSSR count). The highest BCUT2D eigenvalue weighted by molar-refractivity contribution is 5.93. The van der Waals surface area contributed by atoms with E-state index in [2.05, 4.69) is 15.6 Å². The van der Waals surface area contributed by atoms with Gasteiger partial charge in [-0.25, -0.2) is 4.79 Å². The third-order valence-corrected chi connectivity index (χ3v) is 6.36. The van der Waals surface area contributed by atoms with Crippen molar-refractivity contribution in [3.05, 3.63) is 102 Å². The van der Waals surface area contributed by atoms with Crippen LogP contribution < -0.4 is 16.4 Å². The van der Waals surface area contributed by atoms with Crippen LogP contribution in [-0.2, 0) is 33.6 Å². The van der Waals surface area contributed by atoms with Crippen LogP contribution in [0.25, 0.3) is 10.9 Å². The number of H-pyrrole nitrogens is 1. The largest absolute Gasteiger partial charge is 0.508 e. The van der Waals surface area contributed by atoms with E-state index in [-0.39, 0.29) is 25.0 Å². The van der Waals surface area contributed by atoms with Gasteiger partial charge in [0.2, 0.25) is 11.8 Å². The zero-order valence-corrected chi connectivity index (χ0v) is 20.6. The van der Waals surface area contributed by atoms with Gasteiger partial charge in [0, 0.05) is 29.9 Å². The van der Waals surface area contributed by atoms with E-state index in [1.165, 1.54) is 12.1 Å². The summed E-state index contributed by atoms with van der Waals surface area (Å²) in [5.74, 6) is -2.24. The summed E-state index contributed by atoms with van der Waals surface area (Å²) in [6.45, 7) is 0. The molecule has 9 nitrogen and oxygen atoms in total. The minimum atomic E-state index is -1.18. The summed E-state index contributed by atoms with van der Waals surface area (Å²) in [5, 5.41) is 25.5. The Morgan fingerprint density at radius 1 is 0.763 bits per heavy atom. The van der Waals surface area contributed by atoms with Crippen molar-refractivity contribution in [3.63, 3.8) is 0 Å². The second-order valence-electron chi connectivity index (χ2n) is 9.19. The predicted octanol–water partition coefficient (Wildman–Crippen LogP) is 2.28. The maximum absolute atomic E-state index is 13.4. The van der Waals surface area contributed by atoms with E-state index in [1.54, 1.807) is 42.6 Å². The Labute approximate surface area is 219 Å². The van der Waals surface area contributed by atoms with Crippen LogP contribution in [0.3, 0.4) is 0 Å². The van der Waals surface area contributed by atoms with Gasteiger partial charge in [0.25, 0.3) is 0 Å². The van der Waals surface area contributed by atoms with Crippen LogP contribution in [0.2, 0.25) is 0 Å². The van der Waals surface area contributed by atoms with Gasteiger partial charge in [0.05, 0.1) is 6.04 Å². The highest BCUT2D eigenvalue weighted by atomic mass is 16.4. The zero-order valence-electron chi connectivity index (χ0n) is 20.6. The number of carboxylic acids is 1. The summed E-state index contributed by atoms with van der Waals surface area (Å²) in [5.41, 5.74) is 9.32. The number of hydrogen-bond acceptors (Lipinski definition) is 5. The molecule has 3 unspecified atom stereocenters. The van der Waals surface area contributed by atoms with Gasteiger partial charge >= 0.3 is 5.97 Å². The van der Waals surface area contributed by atoms with Gasteiger partial charge in [-0.2, -0.15) is 0 Å². The Hall–Kier alpha value is -4.63. The van der Waals surface area contributed by atoms with Crippen LogP contribution in [0, 0.1) is 0 Å². The quantitative estimate of drug-likeness (QED) is 0.180. The van der Waals surface area contributed by atoms with Crippen LogP contribution in [0.4, 0.5) is 0 Å². The molecule has 3 aromatic carbocycles. The zero-order chi connectivity index (χ0) is 27.1. The average molecular weight is 515 g/mol. The molecule has 3 atom stereocenters. The SMILES string of the molecule is NC(Cc1ccc(O)cc1)C(=O)NC(Cc1c[nH]c2ccccc12)C(=O)NC(Cc1ccccc1)C(=O)O. The Morgan fingerprint density at radius 2 is 1.39 bits per heavy atom. The number of aromatic hydroxyl groups is 1. The number of aromatic nitrogens is 1. The summed E-state index contributed by atoms with van der Waals surface area (Å²) in [6, 6.07) is 19.7. The topological polar surface area (TPSA) is 158 Å². The smallest absolute Gasteiger partial charge is 0.326 e. The van der Waals surface area contributed by atoms with Gasteiger partial charge in [-0.05, 0) is 41.3 Å². The van der Waals surface area contributed by atoms with Crippen molar-refractivity contribution in [1.82, 2.24) is 15.6 Å². The summed E-state index contributed by atoms with van der Waals surface area (Å²) in [6.07, 6.45) is 2.19. The van der Waals surface area contributed by atoms with Crippen LogP contribution in [0.15, 0.2) is 85.1 Å². The van der Waals surface area contributed by atoms with E-state index < -0.39 is 35.9 Å². The second-order valence-corrected chi connectivity index (χ2v) is 9.19. The van der Waals surface area contributed by atoms with Crippen molar-refractivity contribution in [2.24, 2.45) is 5.73 Å². The Bertz CT molecular complexity index is 1400. The van der Waals surface area contributed by atoms with Crippen molar-refractivity contribution < 1.29 is 24.6 Å². The number of carbonyl (C=O) groups excluding carboxylic acids is 2. The van der Waals surface area contributed by atoms with E-state index in [0.717, 1.165) is 27.6 Å². The fraction of sp³-hybridized carbons (Fsp3) is 0.207. The highest BCUT2D eigenvalue weighted by Gasteiger charge is 2.29. The first-order valence-corrected chi connectivity index (χ1v) is 12.3. The number of nitrogens with one attached hydrogen (secondary N) is 3. The summed E-state index contributed by atoms with van der Waals surface area (Å²) >= 11 is 0. The molecule has 9 heteroatoms. The monoisotopic (exact) mass is 514 g/mol. The van der Waals surface area contributed by atoms with E-state index in [4.69, 9.17) is 5.73 Å².